The molecule has 0 atom stereocenters. The van der Waals surface area contributed by atoms with E-state index in [0.29, 0.717) is 25.8 Å². The van der Waals surface area contributed by atoms with Gasteiger partial charge in [-0.05, 0) is 19.3 Å². The molecule has 1 aliphatic rings. The fourth-order valence-corrected chi connectivity index (χ4v) is 2.32. The van der Waals surface area contributed by atoms with Crippen LogP contribution in [-0.4, -0.2) is 47.9 Å². The van der Waals surface area contributed by atoms with Gasteiger partial charge in [-0.1, -0.05) is 39.0 Å². The summed E-state index contributed by atoms with van der Waals surface area (Å²) < 4.78 is 0. The Morgan fingerprint density at radius 3 is 2.17 bits per heavy atom. The second kappa shape index (κ2) is 15.5. The first kappa shape index (κ1) is 21.6. The summed E-state index contributed by atoms with van der Waals surface area (Å²) in [6.45, 7) is 3.82. The number of hydrogen-bond acceptors (Lipinski definition) is 4. The average molecular weight is 328 g/mol. The minimum Gasteiger partial charge on any atom is -0.396 e. The first-order valence-corrected chi connectivity index (χ1v) is 8.78. The number of aliphatic hydroxyl groups is 1. The van der Waals surface area contributed by atoms with Gasteiger partial charge >= 0.3 is 0 Å². The van der Waals surface area contributed by atoms with Gasteiger partial charge in [-0.2, -0.15) is 0 Å². The van der Waals surface area contributed by atoms with Gasteiger partial charge in [-0.3, -0.25) is 19.3 Å². The first-order valence-electron chi connectivity index (χ1n) is 8.78. The van der Waals surface area contributed by atoms with Crippen molar-refractivity contribution in [1.82, 2.24) is 10.2 Å². The lowest BCUT2D eigenvalue weighted by Gasteiger charge is -2.12. The van der Waals surface area contributed by atoms with E-state index in [1.54, 1.807) is 0 Å². The van der Waals surface area contributed by atoms with Crippen LogP contribution in [0.15, 0.2) is 0 Å². The zero-order chi connectivity index (χ0) is 17.3. The number of unbranched alkanes of at least 4 members (excludes halogenated alkanes) is 6. The van der Waals surface area contributed by atoms with E-state index >= 15 is 0 Å². The third-order valence-electron chi connectivity index (χ3n) is 3.70. The Bertz CT molecular complexity index is 319. The molecule has 1 fully saturated rings. The first-order chi connectivity index (χ1) is 11.2. The molecule has 1 heterocycles. The Morgan fingerprint density at radius 2 is 1.61 bits per heavy atom. The fourth-order valence-electron chi connectivity index (χ4n) is 2.32. The molecule has 0 aliphatic carbocycles. The Morgan fingerprint density at radius 1 is 1.00 bits per heavy atom. The second-order valence-corrected chi connectivity index (χ2v) is 5.71. The highest BCUT2D eigenvalue weighted by Crippen LogP contribution is 2.13. The van der Waals surface area contributed by atoms with Gasteiger partial charge in [0, 0.05) is 32.5 Å². The number of imide groups is 1. The summed E-state index contributed by atoms with van der Waals surface area (Å²) in [6.07, 6.45) is 10.0. The number of rotatable bonds is 12. The van der Waals surface area contributed by atoms with Crippen molar-refractivity contribution in [1.29, 1.82) is 0 Å². The van der Waals surface area contributed by atoms with E-state index in [9.17, 15) is 14.4 Å². The summed E-state index contributed by atoms with van der Waals surface area (Å²) in [6, 6.07) is 0. The van der Waals surface area contributed by atoms with E-state index in [4.69, 9.17) is 5.11 Å². The Balaban J connectivity index is 0.000000438. The van der Waals surface area contributed by atoms with Gasteiger partial charge < -0.3 is 10.4 Å². The van der Waals surface area contributed by atoms with E-state index in [2.05, 4.69) is 12.2 Å². The average Bonchev–Trinajstić information content (AvgIpc) is 2.87. The van der Waals surface area contributed by atoms with Gasteiger partial charge in [-0.15, -0.1) is 0 Å². The molecule has 0 bridgehead atoms. The lowest BCUT2D eigenvalue weighted by atomic mass is 10.2. The SMILES string of the molecule is CCCCCCN1C(=O)CCC1=O.O=CNCCCCCCO. The number of carbonyl (C=O) groups excluding carboxylic acids is 3. The van der Waals surface area contributed by atoms with E-state index in [1.165, 1.54) is 17.7 Å². The van der Waals surface area contributed by atoms with E-state index in [-0.39, 0.29) is 18.4 Å². The van der Waals surface area contributed by atoms with Crippen molar-refractivity contribution in [3.8, 4) is 0 Å². The molecule has 0 spiro atoms. The summed E-state index contributed by atoms with van der Waals surface area (Å²) in [5, 5.41) is 11.0. The topological polar surface area (TPSA) is 86.7 Å². The van der Waals surface area contributed by atoms with Crippen molar-refractivity contribution in [3.63, 3.8) is 0 Å². The number of nitrogens with zero attached hydrogens (tertiary/aromatic N) is 1. The van der Waals surface area contributed by atoms with Gasteiger partial charge in [0.25, 0.3) is 0 Å². The van der Waals surface area contributed by atoms with Crippen molar-refractivity contribution < 1.29 is 19.5 Å². The van der Waals surface area contributed by atoms with Crippen LogP contribution in [0.3, 0.4) is 0 Å². The maximum absolute atomic E-state index is 11.2. The minimum atomic E-state index is 0.0153. The molecule has 2 N–H and O–H groups in total. The summed E-state index contributed by atoms with van der Waals surface area (Å²) in [4.78, 5) is 33.5. The minimum absolute atomic E-state index is 0.0153. The molecule has 1 aliphatic heterocycles. The van der Waals surface area contributed by atoms with Crippen LogP contribution in [0.2, 0.25) is 0 Å². The van der Waals surface area contributed by atoms with Crippen molar-refractivity contribution in [2.45, 2.75) is 71.1 Å². The molecular formula is C17H32N2O4. The summed E-state index contributed by atoms with van der Waals surface area (Å²) in [7, 11) is 0. The highest BCUT2D eigenvalue weighted by molar-refractivity contribution is 6.01. The quantitative estimate of drug-likeness (QED) is 0.326. The monoisotopic (exact) mass is 328 g/mol. The Kier molecular flexibility index (Phi) is 14.5. The molecule has 0 aromatic rings. The molecule has 0 radical (unpaired) electrons. The van der Waals surface area contributed by atoms with Gasteiger partial charge in [0.15, 0.2) is 0 Å². The normalized spacial score (nSPS) is 13.7. The number of likely N-dealkylation sites (tertiary alicyclic amines) is 1. The van der Waals surface area contributed by atoms with Gasteiger partial charge in [-0.25, -0.2) is 0 Å². The molecule has 23 heavy (non-hydrogen) atoms. The maximum Gasteiger partial charge on any atom is 0.229 e. The van der Waals surface area contributed by atoms with Crippen molar-refractivity contribution in [3.05, 3.63) is 0 Å². The fraction of sp³-hybridized carbons (Fsp3) is 0.824. The molecule has 1 rings (SSSR count). The number of carbonyl (C=O) groups is 3. The van der Waals surface area contributed by atoms with Crippen LogP contribution in [-0.2, 0) is 14.4 Å². The molecule has 134 valence electrons. The lowest BCUT2D eigenvalue weighted by molar-refractivity contribution is -0.138. The predicted molar refractivity (Wildman–Crippen MR) is 89.7 cm³/mol. The summed E-state index contributed by atoms with van der Waals surface area (Å²) >= 11 is 0. The van der Waals surface area contributed by atoms with Gasteiger partial charge in [0.2, 0.25) is 18.2 Å². The standard InChI is InChI=1S/C10H17NO2.C7H15NO2/c1-2-3-4-5-8-11-9(12)6-7-10(11)13;9-6-4-2-1-3-5-8-7-10/h2-8H2,1H3;7,9H,1-6H2,(H,8,10). The molecule has 0 unspecified atom stereocenters. The smallest absolute Gasteiger partial charge is 0.229 e. The highest BCUT2D eigenvalue weighted by atomic mass is 16.3. The third kappa shape index (κ3) is 11.8. The molecule has 0 saturated carbocycles. The zero-order valence-electron chi connectivity index (χ0n) is 14.4. The summed E-state index contributed by atoms with van der Waals surface area (Å²) in [5.74, 6) is 0.0306. The largest absolute Gasteiger partial charge is 0.396 e. The van der Waals surface area contributed by atoms with E-state index in [1.807, 2.05) is 0 Å². The highest BCUT2D eigenvalue weighted by Gasteiger charge is 2.27. The van der Waals surface area contributed by atoms with Crippen molar-refractivity contribution in [2.24, 2.45) is 0 Å². The van der Waals surface area contributed by atoms with Crippen LogP contribution in [0.5, 0.6) is 0 Å². The lowest BCUT2D eigenvalue weighted by Crippen LogP contribution is -2.29. The number of hydrogen-bond donors (Lipinski definition) is 2. The van der Waals surface area contributed by atoms with Crippen molar-refractivity contribution in [2.75, 3.05) is 19.7 Å². The Hall–Kier alpha value is -1.43. The second-order valence-electron chi connectivity index (χ2n) is 5.71. The van der Waals surface area contributed by atoms with Crippen LogP contribution >= 0.6 is 0 Å². The zero-order valence-corrected chi connectivity index (χ0v) is 14.4. The van der Waals surface area contributed by atoms with E-state index < -0.39 is 0 Å². The Labute approximate surface area is 139 Å². The molecular weight excluding hydrogens is 296 g/mol. The molecule has 1 saturated heterocycles. The summed E-state index contributed by atoms with van der Waals surface area (Å²) in [5.41, 5.74) is 0. The molecule has 3 amide bonds. The number of aliphatic hydroxyl groups excluding tert-OH is 1. The van der Waals surface area contributed by atoms with Crippen LogP contribution < -0.4 is 5.32 Å². The van der Waals surface area contributed by atoms with Crippen LogP contribution in [0.25, 0.3) is 0 Å². The van der Waals surface area contributed by atoms with Crippen LogP contribution in [0, 0.1) is 0 Å². The van der Waals surface area contributed by atoms with Gasteiger partial charge in [0.1, 0.15) is 0 Å². The third-order valence-corrected chi connectivity index (χ3v) is 3.70. The van der Waals surface area contributed by atoms with Gasteiger partial charge in [0.05, 0.1) is 0 Å². The molecule has 6 nitrogen and oxygen atoms in total. The maximum atomic E-state index is 11.2. The van der Waals surface area contributed by atoms with Crippen LogP contribution in [0.1, 0.15) is 71.1 Å². The van der Waals surface area contributed by atoms with E-state index in [0.717, 1.165) is 45.1 Å². The molecule has 0 aromatic carbocycles. The predicted octanol–water partition coefficient (Wildman–Crippen LogP) is 2.00. The molecule has 0 aromatic heterocycles. The number of nitrogens with one attached hydrogen (secondary N) is 1. The number of amides is 3. The van der Waals surface area contributed by atoms with Crippen LogP contribution in [0.4, 0.5) is 0 Å². The van der Waals surface area contributed by atoms with Crippen molar-refractivity contribution >= 4 is 18.2 Å². The molecule has 6 heteroatoms.